The normalized spacial score (nSPS) is 14.8. The monoisotopic (exact) mass is 1650 g/mol. The Labute approximate surface area is 629 Å². The molecular formula is C90H72BBr2I2N3O2. The molecule has 0 bridgehead atoms. The molecule has 13 aromatic carbocycles. The number of halogens is 4. The molecule has 0 saturated carbocycles. The molecule has 1 aliphatic heterocycles. The average Bonchev–Trinajstić information content (AvgIpc) is 1.58. The van der Waals surface area contributed by atoms with Gasteiger partial charge < -0.3 is 23.0 Å². The Bertz CT molecular complexity index is 5810. The zero-order valence-electron chi connectivity index (χ0n) is 57.0. The zero-order chi connectivity index (χ0) is 69.0. The zero-order valence-corrected chi connectivity index (χ0v) is 64.4. The quantitative estimate of drug-likeness (QED) is 0.127. The van der Waals surface area contributed by atoms with Gasteiger partial charge in [0.25, 0.3) is 0 Å². The highest BCUT2D eigenvalue weighted by atomic mass is 127. The molecule has 0 spiro atoms. The van der Waals surface area contributed by atoms with E-state index in [2.05, 4.69) is 431 Å². The second-order valence-corrected chi connectivity index (χ2v) is 32.7. The third-order valence-corrected chi connectivity index (χ3v) is 23.5. The van der Waals surface area contributed by atoms with Crippen molar-refractivity contribution >= 4 is 155 Å². The second kappa shape index (κ2) is 25.9. The van der Waals surface area contributed by atoms with Crippen molar-refractivity contribution in [3.05, 3.63) is 330 Å². The summed E-state index contributed by atoms with van der Waals surface area (Å²) in [6, 6.07) is 105. The van der Waals surface area contributed by atoms with Gasteiger partial charge in [-0.25, -0.2) is 0 Å². The van der Waals surface area contributed by atoms with Gasteiger partial charge in [-0.15, -0.1) is 0 Å². The molecule has 19 rings (SSSR count). The van der Waals surface area contributed by atoms with Crippen LogP contribution in [0.15, 0.2) is 300 Å². The van der Waals surface area contributed by atoms with E-state index in [9.17, 15) is 0 Å². The van der Waals surface area contributed by atoms with Crippen LogP contribution in [0, 0.1) is 7.14 Å². The van der Waals surface area contributed by atoms with Crippen molar-refractivity contribution in [3.63, 3.8) is 0 Å². The Kier molecular flexibility index (Phi) is 17.2. The van der Waals surface area contributed by atoms with E-state index in [0.717, 1.165) is 20.1 Å². The molecule has 2 aliphatic carbocycles. The van der Waals surface area contributed by atoms with Crippen LogP contribution in [0.5, 0.6) is 0 Å². The van der Waals surface area contributed by atoms with Crippen LogP contribution in [-0.4, -0.2) is 32.0 Å². The molecule has 0 atom stereocenters. The molecule has 0 radical (unpaired) electrons. The van der Waals surface area contributed by atoms with E-state index in [0.29, 0.717) is 0 Å². The maximum atomic E-state index is 6.27. The first-order chi connectivity index (χ1) is 48.2. The molecule has 3 aromatic heterocycles. The number of benzene rings is 13. The van der Waals surface area contributed by atoms with Crippen molar-refractivity contribution in [2.45, 2.75) is 77.4 Å². The van der Waals surface area contributed by atoms with E-state index in [1.165, 1.54) is 140 Å². The molecule has 5 nitrogen and oxygen atoms in total. The highest BCUT2D eigenvalue weighted by Crippen LogP contribution is 2.52. The van der Waals surface area contributed by atoms with Crippen molar-refractivity contribution in [1.82, 2.24) is 13.7 Å². The lowest BCUT2D eigenvalue weighted by atomic mass is 9.78. The number of aromatic nitrogens is 3. The van der Waals surface area contributed by atoms with Gasteiger partial charge in [0.15, 0.2) is 0 Å². The third-order valence-electron chi connectivity index (χ3n) is 21.1. The van der Waals surface area contributed by atoms with Crippen LogP contribution in [0.3, 0.4) is 0 Å². The fourth-order valence-electron chi connectivity index (χ4n) is 15.4. The lowest BCUT2D eigenvalue weighted by molar-refractivity contribution is 0.00578. The van der Waals surface area contributed by atoms with Crippen LogP contribution in [0.2, 0.25) is 0 Å². The Morgan fingerprint density at radius 1 is 0.290 bits per heavy atom. The number of rotatable bonds is 5. The van der Waals surface area contributed by atoms with Gasteiger partial charge in [0, 0.05) is 76.3 Å². The molecular weight excluding hydrogens is 1580 g/mol. The van der Waals surface area contributed by atoms with Gasteiger partial charge in [-0.3, -0.25) is 0 Å². The number of fused-ring (bicyclic) bond motifs is 15. The van der Waals surface area contributed by atoms with E-state index < -0.39 is 0 Å². The van der Waals surface area contributed by atoms with Crippen LogP contribution < -0.4 is 5.46 Å². The summed E-state index contributed by atoms with van der Waals surface area (Å²) in [7, 11) is -0.353. The largest absolute Gasteiger partial charge is 0.494 e. The lowest BCUT2D eigenvalue weighted by Gasteiger charge is -2.32. The third kappa shape index (κ3) is 11.6. The van der Waals surface area contributed by atoms with E-state index in [1.54, 1.807) is 0 Å². The predicted molar refractivity (Wildman–Crippen MR) is 446 cm³/mol. The second-order valence-electron chi connectivity index (χ2n) is 28.4. The number of hydrogen-bond donors (Lipinski definition) is 0. The SMILES string of the molecule is CC1(C)OB(c2ccc3c(c2)c2ccccc2n3-c2ccccc2)OC1(C)C.CC1(C)c2cc(Br)ccc2-c2ccc(-c3ccc4c(c3)c3ccccc3n4-c3ccccc3)cc21.CC1(C)c2cc(Br)ccc2-c2ccc(I)cc21.Ic1ccc2c(c1)c1ccccc1n2-c1ccccc1. The van der Waals surface area contributed by atoms with Crippen LogP contribution >= 0.6 is 77.0 Å². The van der Waals surface area contributed by atoms with Crippen molar-refractivity contribution in [1.29, 1.82) is 0 Å². The van der Waals surface area contributed by atoms with Crippen LogP contribution in [-0.2, 0) is 20.1 Å². The van der Waals surface area contributed by atoms with E-state index in [-0.39, 0.29) is 29.2 Å². The summed E-state index contributed by atoms with van der Waals surface area (Å²) in [5.41, 5.74) is 25.0. The van der Waals surface area contributed by atoms with Crippen molar-refractivity contribution in [2.75, 3.05) is 0 Å². The number of hydrogen-bond acceptors (Lipinski definition) is 2. The molecule has 1 fully saturated rings. The maximum Gasteiger partial charge on any atom is 0.494 e. The molecule has 4 heterocycles. The van der Waals surface area contributed by atoms with Crippen LogP contribution in [0.1, 0.15) is 77.6 Å². The fraction of sp³-hybridized carbons (Fsp3) is 0.133. The number of nitrogens with zero attached hydrogens (tertiary/aromatic N) is 3. The fourth-order valence-corrected chi connectivity index (χ4v) is 17.1. The Morgan fingerprint density at radius 2 is 0.610 bits per heavy atom. The molecule has 10 heteroatoms. The molecule has 3 aliphatic rings. The van der Waals surface area contributed by atoms with Gasteiger partial charge in [0.2, 0.25) is 0 Å². The summed E-state index contributed by atoms with van der Waals surface area (Å²) in [5.74, 6) is 0. The molecule has 490 valence electrons. The van der Waals surface area contributed by atoms with E-state index in [1.807, 2.05) is 6.07 Å². The minimum absolute atomic E-state index is 0.0299. The average molecular weight is 1650 g/mol. The van der Waals surface area contributed by atoms with Gasteiger partial charge in [-0.1, -0.05) is 217 Å². The Hall–Kier alpha value is -8.34. The summed E-state index contributed by atoms with van der Waals surface area (Å²) in [4.78, 5) is 0. The smallest absolute Gasteiger partial charge is 0.399 e. The first-order valence-electron chi connectivity index (χ1n) is 34.1. The van der Waals surface area contributed by atoms with Gasteiger partial charge in [-0.05, 0) is 267 Å². The van der Waals surface area contributed by atoms with Gasteiger partial charge in [0.05, 0.1) is 44.3 Å². The molecule has 0 N–H and O–H groups in total. The summed E-state index contributed by atoms with van der Waals surface area (Å²) in [5, 5.41) is 7.65. The number of para-hydroxylation sites is 6. The molecule has 0 amide bonds. The minimum Gasteiger partial charge on any atom is -0.399 e. The van der Waals surface area contributed by atoms with Gasteiger partial charge in [-0.2, -0.15) is 0 Å². The minimum atomic E-state index is -0.353. The van der Waals surface area contributed by atoms with E-state index >= 15 is 0 Å². The summed E-state index contributed by atoms with van der Waals surface area (Å²) >= 11 is 12.0. The maximum absolute atomic E-state index is 6.27. The Morgan fingerprint density at radius 3 is 1.08 bits per heavy atom. The topological polar surface area (TPSA) is 33.2 Å². The van der Waals surface area contributed by atoms with Gasteiger partial charge >= 0.3 is 7.12 Å². The molecule has 16 aromatic rings. The Balaban J connectivity index is 0.000000108. The highest BCUT2D eigenvalue weighted by Gasteiger charge is 2.52. The van der Waals surface area contributed by atoms with Crippen molar-refractivity contribution in [3.8, 4) is 50.4 Å². The molecule has 0 unspecified atom stereocenters. The summed E-state index contributed by atoms with van der Waals surface area (Å²) in [6.07, 6.45) is 0. The first-order valence-corrected chi connectivity index (χ1v) is 37.8. The summed E-state index contributed by atoms with van der Waals surface area (Å²) < 4.78 is 24.4. The van der Waals surface area contributed by atoms with Crippen LogP contribution in [0.25, 0.3) is 116 Å². The summed E-state index contributed by atoms with van der Waals surface area (Å²) in [6.45, 7) is 17.6. The van der Waals surface area contributed by atoms with Crippen molar-refractivity contribution in [2.24, 2.45) is 0 Å². The first kappa shape index (κ1) is 66.2. The van der Waals surface area contributed by atoms with Crippen molar-refractivity contribution < 1.29 is 9.31 Å². The van der Waals surface area contributed by atoms with Gasteiger partial charge in [0.1, 0.15) is 0 Å². The predicted octanol–water partition coefficient (Wildman–Crippen LogP) is 25.4. The lowest BCUT2D eigenvalue weighted by Crippen LogP contribution is -2.41. The molecule has 100 heavy (non-hydrogen) atoms. The highest BCUT2D eigenvalue weighted by molar-refractivity contribution is 14.1. The molecule has 1 saturated heterocycles. The van der Waals surface area contributed by atoms with E-state index in [4.69, 9.17) is 9.31 Å². The standard InChI is InChI=1S/C33H24BrN.C24H24BNO2.C18H12IN.C15H12BrI/c1-33(2)29-19-22(12-15-25(29)26-16-14-23(34)20-30(26)33)21-13-17-32-28(18-21)27-10-6-7-11-31(27)35(32)24-8-4-3-5-9-24;1-23(2)24(3,4)28-25(27-23)17-14-15-22-20(16-17)19-12-8-9-13-21(19)26(22)18-10-6-5-7-11-18;19-13-10-11-18-16(12-13)15-8-4-5-9-17(15)20(18)14-6-2-1-3-7-14;1-15(2)13-7-9(16)3-5-11(13)12-6-4-10(17)8-14(12)15/h3-20H,1-2H3;5-16H,1-4H3;1-12H;3-8H,1-2H3. The van der Waals surface area contributed by atoms with Crippen LogP contribution in [0.4, 0.5) is 0 Å².